The van der Waals surface area contributed by atoms with Crippen molar-refractivity contribution in [2.75, 3.05) is 7.11 Å². The van der Waals surface area contributed by atoms with E-state index in [2.05, 4.69) is 10.9 Å². The van der Waals surface area contributed by atoms with Gasteiger partial charge in [-0.05, 0) is 6.07 Å². The highest BCUT2D eigenvalue weighted by Gasteiger charge is 2.04. The number of pyridine rings is 1. The second-order valence-corrected chi connectivity index (χ2v) is 2.20. The second-order valence-electron chi connectivity index (χ2n) is 1.83. The summed E-state index contributed by atoms with van der Waals surface area (Å²) in [6, 6.07) is 1.66. The van der Waals surface area contributed by atoms with Gasteiger partial charge >= 0.3 is 0 Å². The van der Waals surface area contributed by atoms with Crippen molar-refractivity contribution in [2.45, 2.75) is 0 Å². The van der Waals surface area contributed by atoms with Crippen molar-refractivity contribution in [2.24, 2.45) is 0 Å². The largest absolute Gasteiger partial charge is 0.480 e. The zero-order valence-electron chi connectivity index (χ0n) is 5.97. The van der Waals surface area contributed by atoms with Crippen LogP contribution in [0.25, 0.3) is 0 Å². The van der Waals surface area contributed by atoms with Crippen LogP contribution in [-0.4, -0.2) is 12.1 Å². The monoisotopic (exact) mass is 167 g/mol. The van der Waals surface area contributed by atoms with Crippen LogP contribution >= 0.6 is 11.6 Å². The van der Waals surface area contributed by atoms with Crippen molar-refractivity contribution in [1.82, 2.24) is 4.98 Å². The molecule has 1 aromatic rings. The first-order valence-corrected chi connectivity index (χ1v) is 3.32. The van der Waals surface area contributed by atoms with Crippen molar-refractivity contribution >= 4 is 11.6 Å². The molecule has 2 nitrogen and oxygen atoms in total. The molecule has 0 fully saturated rings. The van der Waals surface area contributed by atoms with Gasteiger partial charge in [-0.2, -0.15) is 0 Å². The van der Waals surface area contributed by atoms with Crippen molar-refractivity contribution < 1.29 is 4.74 Å². The predicted octanol–water partition coefficient (Wildman–Crippen LogP) is 1.72. The molecule has 0 saturated heterocycles. The minimum Gasteiger partial charge on any atom is -0.480 e. The van der Waals surface area contributed by atoms with E-state index in [0.717, 1.165) is 0 Å². The Morgan fingerprint density at radius 3 is 3.00 bits per heavy atom. The maximum absolute atomic E-state index is 5.78. The summed E-state index contributed by atoms with van der Waals surface area (Å²) in [4.78, 5) is 3.86. The van der Waals surface area contributed by atoms with Crippen LogP contribution in [0.4, 0.5) is 0 Å². The summed E-state index contributed by atoms with van der Waals surface area (Å²) in [7, 11) is 1.49. The molecule has 1 heterocycles. The Hall–Kier alpha value is -1.20. The van der Waals surface area contributed by atoms with Gasteiger partial charge in [-0.15, -0.1) is 6.42 Å². The molecule has 1 aromatic heterocycles. The molecule has 11 heavy (non-hydrogen) atoms. The van der Waals surface area contributed by atoms with Gasteiger partial charge in [0.2, 0.25) is 5.88 Å². The fourth-order valence-corrected chi connectivity index (χ4v) is 0.922. The van der Waals surface area contributed by atoms with Gasteiger partial charge in [0.1, 0.15) is 5.02 Å². The average molecular weight is 168 g/mol. The van der Waals surface area contributed by atoms with E-state index in [1.165, 1.54) is 7.11 Å². The highest BCUT2D eigenvalue weighted by Crippen LogP contribution is 2.23. The standard InChI is InChI=1S/C8H6ClNO/c1-3-6-4-5-10-8(11-2)7(6)9/h1,4-5H,2H3. The molecule has 0 amide bonds. The lowest BCUT2D eigenvalue weighted by atomic mass is 10.3. The van der Waals surface area contributed by atoms with Gasteiger partial charge in [0.25, 0.3) is 0 Å². The van der Waals surface area contributed by atoms with Gasteiger partial charge < -0.3 is 4.74 Å². The molecule has 0 aliphatic carbocycles. The Balaban J connectivity index is 3.23. The van der Waals surface area contributed by atoms with Gasteiger partial charge in [-0.1, -0.05) is 17.5 Å². The maximum atomic E-state index is 5.78. The molecule has 3 heteroatoms. The second kappa shape index (κ2) is 3.27. The van der Waals surface area contributed by atoms with Crippen molar-refractivity contribution in [3.63, 3.8) is 0 Å². The molecule has 0 aliphatic heterocycles. The van der Waals surface area contributed by atoms with E-state index in [9.17, 15) is 0 Å². The van der Waals surface area contributed by atoms with Crippen molar-refractivity contribution in [3.05, 3.63) is 22.8 Å². The molecule has 1 rings (SSSR count). The molecule has 56 valence electrons. The summed E-state index contributed by atoms with van der Waals surface area (Å²) < 4.78 is 4.85. The first-order chi connectivity index (χ1) is 5.29. The highest BCUT2D eigenvalue weighted by molar-refractivity contribution is 6.33. The minimum absolute atomic E-state index is 0.363. The summed E-state index contributed by atoms with van der Waals surface area (Å²) in [6.45, 7) is 0. The number of halogens is 1. The van der Waals surface area contributed by atoms with E-state index >= 15 is 0 Å². The van der Waals surface area contributed by atoms with Crippen molar-refractivity contribution in [1.29, 1.82) is 0 Å². The van der Waals surface area contributed by atoms with Crippen LogP contribution in [0, 0.1) is 12.3 Å². The first-order valence-electron chi connectivity index (χ1n) is 2.94. The summed E-state index contributed by atoms with van der Waals surface area (Å²) in [5.41, 5.74) is 0.596. The zero-order valence-corrected chi connectivity index (χ0v) is 6.72. The van der Waals surface area contributed by atoms with E-state index in [0.29, 0.717) is 16.5 Å². The van der Waals surface area contributed by atoms with Crippen LogP contribution in [0.2, 0.25) is 5.02 Å². The number of hydrogen-bond donors (Lipinski definition) is 0. The van der Waals surface area contributed by atoms with Gasteiger partial charge in [0, 0.05) is 11.8 Å². The summed E-state index contributed by atoms with van der Waals surface area (Å²) in [5.74, 6) is 2.78. The normalized spacial score (nSPS) is 8.82. The fraction of sp³-hybridized carbons (Fsp3) is 0.125. The predicted molar refractivity (Wildman–Crippen MR) is 43.7 cm³/mol. The lowest BCUT2D eigenvalue weighted by Gasteiger charge is -2.01. The molecule has 0 saturated carbocycles. The van der Waals surface area contributed by atoms with E-state index < -0.39 is 0 Å². The summed E-state index contributed by atoms with van der Waals surface area (Å²) in [5, 5.41) is 0.387. The molecule has 0 bridgehead atoms. The quantitative estimate of drug-likeness (QED) is 0.595. The Labute approximate surface area is 70.2 Å². The van der Waals surface area contributed by atoms with Crippen molar-refractivity contribution in [3.8, 4) is 18.2 Å². The van der Waals surface area contributed by atoms with Crippen LogP contribution in [0.15, 0.2) is 12.3 Å². The molecular weight excluding hydrogens is 162 g/mol. The lowest BCUT2D eigenvalue weighted by molar-refractivity contribution is 0.398. The fourth-order valence-electron chi connectivity index (χ4n) is 0.678. The van der Waals surface area contributed by atoms with Crippen LogP contribution in [0.3, 0.4) is 0 Å². The van der Waals surface area contributed by atoms with Gasteiger partial charge in [-0.3, -0.25) is 0 Å². The van der Waals surface area contributed by atoms with E-state index in [4.69, 9.17) is 22.8 Å². The van der Waals surface area contributed by atoms with Gasteiger partial charge in [0.05, 0.1) is 7.11 Å². The lowest BCUT2D eigenvalue weighted by Crippen LogP contribution is -1.89. The Morgan fingerprint density at radius 2 is 2.45 bits per heavy atom. The number of hydrogen-bond acceptors (Lipinski definition) is 2. The van der Waals surface area contributed by atoms with Crippen LogP contribution < -0.4 is 4.74 Å². The zero-order chi connectivity index (χ0) is 8.27. The maximum Gasteiger partial charge on any atom is 0.233 e. The summed E-state index contributed by atoms with van der Waals surface area (Å²) >= 11 is 5.78. The SMILES string of the molecule is C#Cc1ccnc(OC)c1Cl. The average Bonchev–Trinajstić information content (AvgIpc) is 2.05. The number of nitrogens with zero attached hydrogens (tertiary/aromatic N) is 1. The number of methoxy groups -OCH3 is 1. The molecule has 0 unspecified atom stereocenters. The van der Waals surface area contributed by atoms with Crippen LogP contribution in [0.1, 0.15) is 5.56 Å². The number of terminal acetylenes is 1. The smallest absolute Gasteiger partial charge is 0.233 e. The molecule has 0 spiro atoms. The van der Waals surface area contributed by atoms with Gasteiger partial charge in [-0.25, -0.2) is 4.98 Å². The Kier molecular flexibility index (Phi) is 2.35. The minimum atomic E-state index is 0.363. The molecule has 0 atom stereocenters. The first kappa shape index (κ1) is 7.90. The molecule has 0 aliphatic rings. The van der Waals surface area contributed by atoms with Gasteiger partial charge in [0.15, 0.2) is 0 Å². The van der Waals surface area contributed by atoms with Crippen LogP contribution in [-0.2, 0) is 0 Å². The van der Waals surface area contributed by atoms with E-state index in [1.54, 1.807) is 12.3 Å². The third-order valence-electron chi connectivity index (χ3n) is 1.21. The third-order valence-corrected chi connectivity index (χ3v) is 1.57. The summed E-state index contributed by atoms with van der Waals surface area (Å²) in [6.07, 6.45) is 6.71. The Morgan fingerprint density at radius 1 is 1.73 bits per heavy atom. The molecule has 0 radical (unpaired) electrons. The van der Waals surface area contributed by atoms with E-state index in [-0.39, 0.29) is 0 Å². The van der Waals surface area contributed by atoms with E-state index in [1.807, 2.05) is 0 Å². The highest BCUT2D eigenvalue weighted by atomic mass is 35.5. The molecular formula is C8H6ClNO. The topological polar surface area (TPSA) is 22.1 Å². The molecule has 0 aromatic carbocycles. The van der Waals surface area contributed by atoms with Crippen LogP contribution in [0.5, 0.6) is 5.88 Å². The number of rotatable bonds is 1. The number of aromatic nitrogens is 1. The Bertz CT molecular complexity index is 303. The molecule has 0 N–H and O–H groups in total. The number of ether oxygens (including phenoxy) is 1. The third kappa shape index (κ3) is 1.44.